The van der Waals surface area contributed by atoms with Gasteiger partial charge < -0.3 is 10.0 Å². The van der Waals surface area contributed by atoms with Crippen molar-refractivity contribution in [1.29, 1.82) is 0 Å². The summed E-state index contributed by atoms with van der Waals surface area (Å²) in [7, 11) is 0. The van der Waals surface area contributed by atoms with E-state index in [4.69, 9.17) is 5.11 Å². The van der Waals surface area contributed by atoms with E-state index in [1.54, 1.807) is 12.3 Å². The van der Waals surface area contributed by atoms with Crippen molar-refractivity contribution < 1.29 is 10.0 Å². The van der Waals surface area contributed by atoms with Crippen molar-refractivity contribution in [3.8, 4) is 0 Å². The van der Waals surface area contributed by atoms with Crippen molar-refractivity contribution in [3.05, 3.63) is 40.6 Å². The van der Waals surface area contributed by atoms with E-state index in [1.807, 2.05) is 12.1 Å². The first-order valence-corrected chi connectivity index (χ1v) is 7.08. The van der Waals surface area contributed by atoms with Crippen molar-refractivity contribution in [2.75, 3.05) is 24.6 Å². The summed E-state index contributed by atoms with van der Waals surface area (Å²) in [5, 5.41) is 21.0. The fourth-order valence-corrected chi connectivity index (χ4v) is 3.04. The van der Waals surface area contributed by atoms with Crippen molar-refractivity contribution >= 4 is 22.3 Å². The zero-order valence-electron chi connectivity index (χ0n) is 11.6. The van der Waals surface area contributed by atoms with Gasteiger partial charge in [-0.1, -0.05) is 0 Å². The number of anilines is 1. The predicted molar refractivity (Wildman–Crippen MR) is 80.4 cm³/mol. The second-order valence-corrected chi connectivity index (χ2v) is 5.37. The number of nitro benzene ring substituents is 1. The molecular formula is C15H17N3O3. The second kappa shape index (κ2) is 5.65. The molecule has 6 heteroatoms. The van der Waals surface area contributed by atoms with Gasteiger partial charge in [0.2, 0.25) is 0 Å². The van der Waals surface area contributed by atoms with Crippen LogP contribution in [-0.2, 0) is 0 Å². The summed E-state index contributed by atoms with van der Waals surface area (Å²) in [6.07, 6.45) is 3.43. The van der Waals surface area contributed by atoms with E-state index in [9.17, 15) is 10.1 Å². The fraction of sp³-hybridized carbons (Fsp3) is 0.400. The number of hydrogen-bond donors (Lipinski definition) is 1. The van der Waals surface area contributed by atoms with Gasteiger partial charge in [0, 0.05) is 43.0 Å². The molecule has 1 unspecified atom stereocenters. The molecule has 2 aromatic rings. The molecule has 0 radical (unpaired) electrons. The number of aromatic nitrogens is 1. The van der Waals surface area contributed by atoms with Gasteiger partial charge in [-0.25, -0.2) is 4.98 Å². The molecule has 1 aromatic carbocycles. The van der Waals surface area contributed by atoms with E-state index < -0.39 is 4.92 Å². The van der Waals surface area contributed by atoms with Crippen molar-refractivity contribution in [2.45, 2.75) is 12.8 Å². The minimum absolute atomic E-state index is 0.0421. The average Bonchev–Trinajstić information content (AvgIpc) is 2.94. The molecule has 0 amide bonds. The lowest BCUT2D eigenvalue weighted by Crippen LogP contribution is -2.20. The Labute approximate surface area is 122 Å². The van der Waals surface area contributed by atoms with Crippen LogP contribution in [0.5, 0.6) is 0 Å². The molecule has 1 aliphatic heterocycles. The highest BCUT2D eigenvalue weighted by molar-refractivity contribution is 5.97. The number of pyridine rings is 1. The smallest absolute Gasteiger partial charge is 0.295 e. The molecule has 1 aliphatic rings. The molecule has 1 saturated heterocycles. The molecule has 0 bridgehead atoms. The maximum atomic E-state index is 11.1. The number of aliphatic hydroxyl groups excluding tert-OH is 1. The van der Waals surface area contributed by atoms with Gasteiger partial charge in [0.25, 0.3) is 5.69 Å². The van der Waals surface area contributed by atoms with Crippen LogP contribution in [-0.4, -0.2) is 34.7 Å². The van der Waals surface area contributed by atoms with Crippen LogP contribution in [0.1, 0.15) is 12.8 Å². The largest absolute Gasteiger partial charge is 0.396 e. The third-order valence-corrected chi connectivity index (χ3v) is 4.09. The Hall–Kier alpha value is -2.21. The van der Waals surface area contributed by atoms with Crippen molar-refractivity contribution in [3.63, 3.8) is 0 Å². The van der Waals surface area contributed by atoms with E-state index in [0.717, 1.165) is 37.0 Å². The molecular weight excluding hydrogens is 270 g/mol. The first-order chi connectivity index (χ1) is 10.2. The van der Waals surface area contributed by atoms with Crippen LogP contribution >= 0.6 is 0 Å². The molecule has 21 heavy (non-hydrogen) atoms. The maximum Gasteiger partial charge on any atom is 0.295 e. The highest BCUT2D eigenvalue weighted by Crippen LogP contribution is 2.35. The van der Waals surface area contributed by atoms with E-state index >= 15 is 0 Å². The number of fused-ring (bicyclic) bond motifs is 1. The lowest BCUT2D eigenvalue weighted by atomic mass is 10.1. The summed E-state index contributed by atoms with van der Waals surface area (Å²) >= 11 is 0. The van der Waals surface area contributed by atoms with Crippen LogP contribution < -0.4 is 4.90 Å². The van der Waals surface area contributed by atoms with Crippen LogP contribution in [0.4, 0.5) is 11.4 Å². The maximum absolute atomic E-state index is 11.1. The molecule has 0 spiro atoms. The summed E-state index contributed by atoms with van der Waals surface area (Å²) in [4.78, 5) is 17.1. The number of non-ortho nitro benzene ring substituents is 1. The van der Waals surface area contributed by atoms with Gasteiger partial charge >= 0.3 is 0 Å². The molecule has 6 nitrogen and oxygen atoms in total. The first kappa shape index (κ1) is 13.8. The standard InChI is InChI=1S/C15H17N3O3/c19-9-6-11-5-8-17(10-11)13-3-4-14(18(20)21)15-12(13)2-1-7-16-15/h1-4,7,11,19H,5-6,8-10H2. The molecule has 0 saturated carbocycles. The van der Waals surface area contributed by atoms with Crippen LogP contribution in [0.15, 0.2) is 30.5 Å². The number of rotatable bonds is 4. The minimum atomic E-state index is -0.391. The summed E-state index contributed by atoms with van der Waals surface area (Å²) < 4.78 is 0. The Balaban J connectivity index is 2.01. The van der Waals surface area contributed by atoms with Crippen molar-refractivity contribution in [2.24, 2.45) is 5.92 Å². The molecule has 0 aliphatic carbocycles. The highest BCUT2D eigenvalue weighted by Gasteiger charge is 2.25. The molecule has 1 fully saturated rings. The van der Waals surface area contributed by atoms with Crippen LogP contribution in [0, 0.1) is 16.0 Å². The van der Waals surface area contributed by atoms with Gasteiger partial charge in [0.15, 0.2) is 0 Å². The Morgan fingerprint density at radius 1 is 1.43 bits per heavy atom. The van der Waals surface area contributed by atoms with Gasteiger partial charge in [-0.05, 0) is 37.0 Å². The summed E-state index contributed by atoms with van der Waals surface area (Å²) in [5.41, 5.74) is 1.47. The third-order valence-electron chi connectivity index (χ3n) is 4.09. The van der Waals surface area contributed by atoms with Gasteiger partial charge in [-0.15, -0.1) is 0 Å². The molecule has 1 aromatic heterocycles. The number of hydrogen-bond acceptors (Lipinski definition) is 5. The minimum Gasteiger partial charge on any atom is -0.396 e. The zero-order valence-corrected chi connectivity index (χ0v) is 11.6. The average molecular weight is 287 g/mol. The topological polar surface area (TPSA) is 79.5 Å². The SMILES string of the molecule is O=[N+]([O-])c1ccc(N2CCC(CCO)C2)c2cccnc12. The van der Waals surface area contributed by atoms with Gasteiger partial charge in [0.05, 0.1) is 4.92 Å². The van der Waals surface area contributed by atoms with Gasteiger partial charge in [-0.3, -0.25) is 10.1 Å². The van der Waals surface area contributed by atoms with E-state index in [0.29, 0.717) is 11.4 Å². The third kappa shape index (κ3) is 2.54. The van der Waals surface area contributed by atoms with Gasteiger partial charge in [-0.2, -0.15) is 0 Å². The predicted octanol–water partition coefficient (Wildman–Crippen LogP) is 2.35. The first-order valence-electron chi connectivity index (χ1n) is 7.08. The molecule has 3 rings (SSSR count). The normalized spacial score (nSPS) is 18.3. The van der Waals surface area contributed by atoms with Crippen LogP contribution in [0.25, 0.3) is 10.9 Å². The second-order valence-electron chi connectivity index (χ2n) is 5.37. The van der Waals surface area contributed by atoms with Gasteiger partial charge in [0.1, 0.15) is 5.52 Å². The quantitative estimate of drug-likeness (QED) is 0.689. The van der Waals surface area contributed by atoms with E-state index in [2.05, 4.69) is 9.88 Å². The lowest BCUT2D eigenvalue weighted by Gasteiger charge is -2.20. The Kier molecular flexibility index (Phi) is 3.70. The van der Waals surface area contributed by atoms with E-state index in [-0.39, 0.29) is 12.3 Å². The van der Waals surface area contributed by atoms with Crippen molar-refractivity contribution in [1.82, 2.24) is 4.98 Å². The molecule has 1 N–H and O–H groups in total. The summed E-state index contributed by atoms with van der Waals surface area (Å²) in [5.74, 6) is 0.483. The Morgan fingerprint density at radius 2 is 2.29 bits per heavy atom. The summed E-state index contributed by atoms with van der Waals surface area (Å²) in [6, 6.07) is 7.02. The molecule has 1 atom stereocenters. The fourth-order valence-electron chi connectivity index (χ4n) is 3.04. The zero-order chi connectivity index (χ0) is 14.8. The van der Waals surface area contributed by atoms with E-state index in [1.165, 1.54) is 6.07 Å². The summed E-state index contributed by atoms with van der Waals surface area (Å²) in [6.45, 7) is 2.00. The molecule has 110 valence electrons. The lowest BCUT2D eigenvalue weighted by molar-refractivity contribution is -0.383. The number of aliphatic hydroxyl groups is 1. The molecule has 2 heterocycles. The Morgan fingerprint density at radius 3 is 3.05 bits per heavy atom. The number of nitrogens with zero attached hydrogens (tertiary/aromatic N) is 3. The monoisotopic (exact) mass is 287 g/mol. The van der Waals surface area contributed by atoms with Crippen LogP contribution in [0.3, 0.4) is 0 Å². The number of nitro groups is 1. The number of benzene rings is 1. The highest BCUT2D eigenvalue weighted by atomic mass is 16.6. The van der Waals surface area contributed by atoms with Crippen LogP contribution in [0.2, 0.25) is 0 Å². The Bertz CT molecular complexity index is 674.